The van der Waals surface area contributed by atoms with Crippen LogP contribution in [0, 0.1) is 12.8 Å². The van der Waals surface area contributed by atoms with Gasteiger partial charge in [-0.05, 0) is 61.6 Å². The maximum absolute atomic E-state index is 13.6. The average molecular weight is 460 g/mol. The summed E-state index contributed by atoms with van der Waals surface area (Å²) in [6.45, 7) is 8.53. The SMILES string of the molecule is C=C/C=C(F)\C=C/C[C@@H]1CC(C)Cn2nc(/C=C/c3ccc(-n4cnc(C)c4)c(OC)c3)nc21. The van der Waals surface area contributed by atoms with Crippen LogP contribution in [0.15, 0.2) is 67.4 Å². The van der Waals surface area contributed by atoms with Gasteiger partial charge >= 0.3 is 0 Å². The Morgan fingerprint density at radius 2 is 2.18 bits per heavy atom. The fourth-order valence-electron chi connectivity index (χ4n) is 4.29. The lowest BCUT2D eigenvalue weighted by molar-refractivity contribution is 0.322. The number of methoxy groups -OCH3 is 1. The molecule has 0 spiro atoms. The van der Waals surface area contributed by atoms with E-state index in [1.807, 2.05) is 58.8 Å². The zero-order valence-corrected chi connectivity index (χ0v) is 19.9. The van der Waals surface area contributed by atoms with Gasteiger partial charge in [-0.25, -0.2) is 19.0 Å². The lowest BCUT2D eigenvalue weighted by Crippen LogP contribution is -2.23. The minimum Gasteiger partial charge on any atom is -0.495 e. The first-order chi connectivity index (χ1) is 16.5. The number of aryl methyl sites for hydroxylation is 1. The molecule has 0 saturated carbocycles. The van der Waals surface area contributed by atoms with E-state index >= 15 is 0 Å². The van der Waals surface area contributed by atoms with E-state index in [4.69, 9.17) is 14.8 Å². The highest BCUT2D eigenvalue weighted by Gasteiger charge is 2.27. The Balaban J connectivity index is 1.52. The first-order valence-electron chi connectivity index (χ1n) is 11.4. The predicted molar refractivity (Wildman–Crippen MR) is 133 cm³/mol. The smallest absolute Gasteiger partial charge is 0.174 e. The number of hydrogen-bond donors (Lipinski definition) is 0. The summed E-state index contributed by atoms with van der Waals surface area (Å²) < 4.78 is 23.2. The molecular formula is C27H30FN5O. The molecule has 3 heterocycles. The van der Waals surface area contributed by atoms with Gasteiger partial charge in [0, 0.05) is 18.7 Å². The normalized spacial score (nSPS) is 18.5. The molecule has 2 atom stereocenters. The maximum Gasteiger partial charge on any atom is 0.174 e. The van der Waals surface area contributed by atoms with Crippen molar-refractivity contribution in [3.8, 4) is 11.4 Å². The highest BCUT2D eigenvalue weighted by atomic mass is 19.1. The highest BCUT2D eigenvalue weighted by molar-refractivity contribution is 5.69. The minimum atomic E-state index is -0.298. The molecule has 1 aliphatic rings. The van der Waals surface area contributed by atoms with Crippen LogP contribution in [-0.4, -0.2) is 31.4 Å². The summed E-state index contributed by atoms with van der Waals surface area (Å²) in [4.78, 5) is 9.08. The molecule has 176 valence electrons. The van der Waals surface area contributed by atoms with Gasteiger partial charge in [0.25, 0.3) is 0 Å². The number of nitrogens with zero attached hydrogens (tertiary/aromatic N) is 5. The van der Waals surface area contributed by atoms with Crippen LogP contribution in [0.5, 0.6) is 5.75 Å². The van der Waals surface area contributed by atoms with E-state index < -0.39 is 0 Å². The maximum atomic E-state index is 13.6. The molecule has 2 aromatic heterocycles. The van der Waals surface area contributed by atoms with Crippen LogP contribution in [-0.2, 0) is 6.54 Å². The molecule has 1 unspecified atom stereocenters. The Hall–Kier alpha value is -3.74. The van der Waals surface area contributed by atoms with Crippen molar-refractivity contribution in [2.24, 2.45) is 5.92 Å². The second-order valence-electron chi connectivity index (χ2n) is 8.66. The molecule has 0 N–H and O–H groups in total. The van der Waals surface area contributed by atoms with Crippen LogP contribution in [0.3, 0.4) is 0 Å². The fraction of sp³-hybridized carbons (Fsp3) is 0.296. The molecule has 1 aromatic carbocycles. The summed E-state index contributed by atoms with van der Waals surface area (Å²) in [5.41, 5.74) is 2.87. The number of hydrogen-bond acceptors (Lipinski definition) is 4. The lowest BCUT2D eigenvalue weighted by atomic mass is 9.89. The third-order valence-corrected chi connectivity index (χ3v) is 5.85. The lowest BCUT2D eigenvalue weighted by Gasteiger charge is -2.26. The van der Waals surface area contributed by atoms with Gasteiger partial charge in [-0.2, -0.15) is 5.10 Å². The van der Waals surface area contributed by atoms with Crippen LogP contribution in [0.2, 0.25) is 0 Å². The molecule has 34 heavy (non-hydrogen) atoms. The van der Waals surface area contributed by atoms with E-state index in [0.717, 1.165) is 47.9 Å². The number of ether oxygens (including phenoxy) is 1. The zero-order valence-electron chi connectivity index (χ0n) is 19.9. The summed E-state index contributed by atoms with van der Waals surface area (Å²) >= 11 is 0. The van der Waals surface area contributed by atoms with Gasteiger partial charge in [0.05, 0.1) is 24.8 Å². The van der Waals surface area contributed by atoms with Crippen molar-refractivity contribution in [1.82, 2.24) is 24.3 Å². The van der Waals surface area contributed by atoms with E-state index in [9.17, 15) is 4.39 Å². The Kier molecular flexibility index (Phi) is 7.21. The molecule has 0 amide bonds. The Labute approximate surface area is 199 Å². The van der Waals surface area contributed by atoms with Crippen LogP contribution in [0.25, 0.3) is 17.8 Å². The number of imidazole rings is 1. The number of aromatic nitrogens is 5. The predicted octanol–water partition coefficient (Wildman–Crippen LogP) is 6.06. The van der Waals surface area contributed by atoms with Crippen molar-refractivity contribution in [2.45, 2.75) is 39.2 Å². The highest BCUT2D eigenvalue weighted by Crippen LogP contribution is 2.32. The summed E-state index contributed by atoms with van der Waals surface area (Å²) in [7, 11) is 1.66. The van der Waals surface area contributed by atoms with Crippen LogP contribution in [0.4, 0.5) is 4.39 Å². The largest absolute Gasteiger partial charge is 0.495 e. The first kappa shape index (κ1) is 23.4. The molecular weight excluding hydrogens is 429 g/mol. The molecule has 4 rings (SSSR count). The summed E-state index contributed by atoms with van der Waals surface area (Å²) in [6, 6.07) is 6.02. The molecule has 6 nitrogen and oxygen atoms in total. The fourth-order valence-corrected chi connectivity index (χ4v) is 4.29. The van der Waals surface area contributed by atoms with Crippen molar-refractivity contribution in [1.29, 1.82) is 0 Å². The van der Waals surface area contributed by atoms with Gasteiger partial charge in [0.15, 0.2) is 5.82 Å². The molecule has 0 bridgehead atoms. The second kappa shape index (κ2) is 10.5. The monoisotopic (exact) mass is 459 g/mol. The van der Waals surface area contributed by atoms with E-state index in [2.05, 4.69) is 18.5 Å². The Morgan fingerprint density at radius 1 is 1.32 bits per heavy atom. The third-order valence-electron chi connectivity index (χ3n) is 5.85. The molecule has 7 heteroatoms. The zero-order chi connectivity index (χ0) is 24.1. The van der Waals surface area contributed by atoms with Gasteiger partial charge < -0.3 is 9.30 Å². The minimum absolute atomic E-state index is 0.212. The van der Waals surface area contributed by atoms with E-state index in [0.29, 0.717) is 11.7 Å². The Morgan fingerprint density at radius 3 is 2.91 bits per heavy atom. The van der Waals surface area contributed by atoms with E-state index in [1.165, 1.54) is 18.2 Å². The molecule has 0 saturated heterocycles. The molecule has 0 fully saturated rings. The standard InChI is InChI=1S/C27H30FN5O/c1-5-7-23(28)9-6-8-22-14-19(2)16-33-27(22)30-26(31-33)13-11-21-10-12-24(25(15-21)34-4)32-17-20(3)29-18-32/h5-7,9-13,15,17-19,22H,1,8,14,16H2,2-4H3/b9-6-,13-11+,23-7+/t19?,22-/m1/s1. The van der Waals surface area contributed by atoms with Crippen LogP contribution >= 0.6 is 0 Å². The van der Waals surface area contributed by atoms with Crippen molar-refractivity contribution < 1.29 is 9.13 Å². The van der Waals surface area contributed by atoms with Crippen LogP contribution < -0.4 is 4.74 Å². The average Bonchev–Trinajstić information content (AvgIpc) is 3.43. The third kappa shape index (κ3) is 5.42. The number of halogens is 1. The topological polar surface area (TPSA) is 57.8 Å². The number of rotatable bonds is 8. The molecule has 3 aromatic rings. The van der Waals surface area contributed by atoms with Gasteiger partial charge in [-0.3, -0.25) is 0 Å². The number of fused-ring (bicyclic) bond motifs is 1. The van der Waals surface area contributed by atoms with Crippen molar-refractivity contribution in [3.05, 3.63) is 90.3 Å². The Bertz CT molecular complexity index is 1250. The van der Waals surface area contributed by atoms with Crippen LogP contribution in [0.1, 0.15) is 48.6 Å². The second-order valence-corrected chi connectivity index (χ2v) is 8.66. The molecule has 1 aliphatic heterocycles. The summed E-state index contributed by atoms with van der Waals surface area (Å²) in [6.07, 6.45) is 15.5. The summed E-state index contributed by atoms with van der Waals surface area (Å²) in [5, 5.41) is 4.70. The quantitative estimate of drug-likeness (QED) is 0.384. The molecule has 0 radical (unpaired) electrons. The van der Waals surface area contributed by atoms with Crippen molar-refractivity contribution >= 4 is 12.2 Å². The summed E-state index contributed by atoms with van der Waals surface area (Å²) in [5.74, 6) is 2.79. The number of benzene rings is 1. The van der Waals surface area contributed by atoms with Gasteiger partial charge in [0.1, 0.15) is 17.4 Å². The number of allylic oxidation sites excluding steroid dienone is 5. The first-order valence-corrected chi connectivity index (χ1v) is 11.4. The van der Waals surface area contributed by atoms with E-state index in [1.54, 1.807) is 13.4 Å². The van der Waals surface area contributed by atoms with Crippen molar-refractivity contribution in [2.75, 3.05) is 7.11 Å². The molecule has 0 aliphatic carbocycles. The van der Waals surface area contributed by atoms with Gasteiger partial charge in [0.2, 0.25) is 0 Å². The van der Waals surface area contributed by atoms with Crippen molar-refractivity contribution in [3.63, 3.8) is 0 Å². The van der Waals surface area contributed by atoms with Gasteiger partial charge in [-0.15, -0.1) is 0 Å². The van der Waals surface area contributed by atoms with E-state index in [-0.39, 0.29) is 11.7 Å². The van der Waals surface area contributed by atoms with Gasteiger partial charge in [-0.1, -0.05) is 37.8 Å².